The Kier molecular flexibility index (Phi) is 6.61. The summed E-state index contributed by atoms with van der Waals surface area (Å²) in [6.07, 6.45) is 1.96. The predicted octanol–water partition coefficient (Wildman–Crippen LogP) is 4.88. The third-order valence-electron chi connectivity index (χ3n) is 4.34. The summed E-state index contributed by atoms with van der Waals surface area (Å²) in [5.74, 6) is -0.358. The average Bonchev–Trinajstić information content (AvgIpc) is 2.75. The second kappa shape index (κ2) is 9.15. The van der Waals surface area contributed by atoms with Crippen molar-refractivity contribution in [2.45, 2.75) is 16.7 Å². The number of carbonyl (C=O) groups is 1. The van der Waals surface area contributed by atoms with Gasteiger partial charge in [-0.25, -0.2) is 8.42 Å². The van der Waals surface area contributed by atoms with Gasteiger partial charge in [-0.05, 0) is 61.7 Å². The Morgan fingerprint density at radius 3 is 2.38 bits per heavy atom. The van der Waals surface area contributed by atoms with Crippen LogP contribution in [-0.4, -0.2) is 27.1 Å². The van der Waals surface area contributed by atoms with Gasteiger partial charge in [-0.3, -0.25) is 9.10 Å². The summed E-state index contributed by atoms with van der Waals surface area (Å²) in [5, 5.41) is 2.83. The number of amides is 1. The highest BCUT2D eigenvalue weighted by Crippen LogP contribution is 2.24. The zero-order chi connectivity index (χ0) is 20.9. The highest BCUT2D eigenvalue weighted by atomic mass is 32.2. The summed E-state index contributed by atoms with van der Waals surface area (Å²) in [6.45, 7) is 2.06. The zero-order valence-electron chi connectivity index (χ0n) is 16.2. The minimum Gasteiger partial charge on any atom is -0.322 e. The van der Waals surface area contributed by atoms with Gasteiger partial charge in [0.1, 0.15) is 0 Å². The van der Waals surface area contributed by atoms with Gasteiger partial charge in [0.05, 0.1) is 10.6 Å². The quantitative estimate of drug-likeness (QED) is 0.547. The second-order valence-corrected chi connectivity index (χ2v) is 8.96. The molecule has 0 heterocycles. The van der Waals surface area contributed by atoms with E-state index in [0.29, 0.717) is 11.4 Å². The van der Waals surface area contributed by atoms with E-state index in [4.69, 9.17) is 0 Å². The largest absolute Gasteiger partial charge is 0.322 e. The van der Waals surface area contributed by atoms with Crippen LogP contribution in [0.5, 0.6) is 0 Å². The van der Waals surface area contributed by atoms with Crippen molar-refractivity contribution in [3.05, 3.63) is 84.4 Å². The Morgan fingerprint density at radius 1 is 0.966 bits per heavy atom. The molecule has 5 nitrogen and oxygen atoms in total. The summed E-state index contributed by atoms with van der Waals surface area (Å²) < 4.78 is 27.7. The van der Waals surface area contributed by atoms with Crippen molar-refractivity contribution in [3.63, 3.8) is 0 Å². The van der Waals surface area contributed by atoms with E-state index in [2.05, 4.69) is 5.32 Å². The summed E-state index contributed by atoms with van der Waals surface area (Å²) >= 11 is 1.58. The lowest BCUT2D eigenvalue weighted by Crippen LogP contribution is -2.30. The van der Waals surface area contributed by atoms with Crippen molar-refractivity contribution >= 4 is 39.1 Å². The van der Waals surface area contributed by atoms with Gasteiger partial charge in [-0.1, -0.05) is 30.3 Å². The van der Waals surface area contributed by atoms with Crippen LogP contribution in [0.2, 0.25) is 0 Å². The number of thioether (sulfide) groups is 1. The summed E-state index contributed by atoms with van der Waals surface area (Å²) in [5.41, 5.74) is 1.53. The topological polar surface area (TPSA) is 66.5 Å². The highest BCUT2D eigenvalue weighted by Gasteiger charge is 2.24. The van der Waals surface area contributed by atoms with Gasteiger partial charge >= 0.3 is 0 Å². The molecule has 0 aliphatic heterocycles. The molecule has 29 heavy (non-hydrogen) atoms. The van der Waals surface area contributed by atoms with E-state index in [-0.39, 0.29) is 22.9 Å². The Balaban J connectivity index is 1.89. The second-order valence-electron chi connectivity index (χ2n) is 6.22. The minimum absolute atomic E-state index is 0.0775. The lowest BCUT2D eigenvalue weighted by Gasteiger charge is -2.23. The highest BCUT2D eigenvalue weighted by molar-refractivity contribution is 7.98. The van der Waals surface area contributed by atoms with E-state index in [1.807, 2.05) is 30.5 Å². The molecule has 0 aliphatic rings. The maximum Gasteiger partial charge on any atom is 0.264 e. The minimum atomic E-state index is -3.79. The molecule has 0 atom stereocenters. The van der Waals surface area contributed by atoms with E-state index in [9.17, 15) is 13.2 Å². The average molecular weight is 427 g/mol. The Hall–Kier alpha value is -2.77. The van der Waals surface area contributed by atoms with Crippen LogP contribution in [0, 0.1) is 0 Å². The molecule has 0 aliphatic carbocycles. The normalized spacial score (nSPS) is 11.1. The molecule has 3 aromatic rings. The molecule has 0 aromatic heterocycles. The van der Waals surface area contributed by atoms with Gasteiger partial charge in [0, 0.05) is 22.7 Å². The smallest absolute Gasteiger partial charge is 0.264 e. The maximum absolute atomic E-state index is 13.2. The number of benzene rings is 3. The van der Waals surface area contributed by atoms with E-state index in [1.54, 1.807) is 61.2 Å². The van der Waals surface area contributed by atoms with Gasteiger partial charge in [0.15, 0.2) is 0 Å². The van der Waals surface area contributed by atoms with Crippen LogP contribution in [0.3, 0.4) is 0 Å². The monoisotopic (exact) mass is 426 g/mol. The van der Waals surface area contributed by atoms with Crippen molar-refractivity contribution in [2.24, 2.45) is 0 Å². The SMILES string of the molecule is CCN(c1ccccc1)S(=O)(=O)c1cccc(C(=O)Nc2cccc(SC)c2)c1. The Bertz CT molecular complexity index is 1100. The molecule has 0 radical (unpaired) electrons. The van der Waals surface area contributed by atoms with E-state index < -0.39 is 10.0 Å². The number of sulfonamides is 1. The predicted molar refractivity (Wildman–Crippen MR) is 119 cm³/mol. The van der Waals surface area contributed by atoms with Crippen molar-refractivity contribution in [1.82, 2.24) is 0 Å². The third-order valence-corrected chi connectivity index (χ3v) is 6.97. The first kappa shape index (κ1) is 21.0. The standard InChI is InChI=1S/C22H22N2O3S2/c1-3-24(19-11-5-4-6-12-19)29(26,27)21-14-7-9-17(15-21)22(25)23-18-10-8-13-20(16-18)28-2/h4-16H,3H2,1-2H3,(H,23,25). The van der Waals surface area contributed by atoms with Gasteiger partial charge in [0.25, 0.3) is 15.9 Å². The van der Waals surface area contributed by atoms with Gasteiger partial charge in [-0.15, -0.1) is 11.8 Å². The maximum atomic E-state index is 13.2. The molecular weight excluding hydrogens is 404 g/mol. The molecule has 0 saturated heterocycles. The molecular formula is C22H22N2O3S2. The molecule has 0 spiro atoms. The molecule has 0 fully saturated rings. The number of carbonyl (C=O) groups excluding carboxylic acids is 1. The number of nitrogens with zero attached hydrogens (tertiary/aromatic N) is 1. The first-order chi connectivity index (χ1) is 14.0. The fourth-order valence-electron chi connectivity index (χ4n) is 2.91. The zero-order valence-corrected chi connectivity index (χ0v) is 17.8. The molecule has 3 aromatic carbocycles. The number of hydrogen-bond acceptors (Lipinski definition) is 4. The molecule has 0 unspecified atom stereocenters. The molecule has 1 amide bonds. The number of anilines is 2. The van der Waals surface area contributed by atoms with Gasteiger partial charge < -0.3 is 5.32 Å². The van der Waals surface area contributed by atoms with Crippen LogP contribution in [0.25, 0.3) is 0 Å². The first-order valence-electron chi connectivity index (χ1n) is 9.09. The van der Waals surface area contributed by atoms with Crippen LogP contribution in [0.15, 0.2) is 88.7 Å². The van der Waals surface area contributed by atoms with Crippen LogP contribution in [-0.2, 0) is 10.0 Å². The van der Waals surface area contributed by atoms with E-state index in [0.717, 1.165) is 4.90 Å². The van der Waals surface area contributed by atoms with Crippen LogP contribution >= 0.6 is 11.8 Å². The molecule has 0 bridgehead atoms. The molecule has 1 N–H and O–H groups in total. The Morgan fingerprint density at radius 2 is 1.69 bits per heavy atom. The van der Waals surface area contributed by atoms with Gasteiger partial charge in [-0.2, -0.15) is 0 Å². The fourth-order valence-corrected chi connectivity index (χ4v) is 4.89. The third kappa shape index (κ3) is 4.81. The number of rotatable bonds is 7. The molecule has 3 rings (SSSR count). The van der Waals surface area contributed by atoms with E-state index in [1.165, 1.54) is 16.4 Å². The first-order valence-corrected chi connectivity index (χ1v) is 11.8. The summed E-state index contributed by atoms with van der Waals surface area (Å²) in [6, 6.07) is 22.5. The van der Waals surface area contributed by atoms with Crippen LogP contribution < -0.4 is 9.62 Å². The van der Waals surface area contributed by atoms with Crippen molar-refractivity contribution in [2.75, 3.05) is 22.4 Å². The van der Waals surface area contributed by atoms with Crippen molar-refractivity contribution in [3.8, 4) is 0 Å². The molecule has 150 valence electrons. The lowest BCUT2D eigenvalue weighted by atomic mass is 10.2. The number of nitrogens with one attached hydrogen (secondary N) is 1. The molecule has 0 saturated carbocycles. The fraction of sp³-hybridized carbons (Fsp3) is 0.136. The van der Waals surface area contributed by atoms with Crippen LogP contribution in [0.1, 0.15) is 17.3 Å². The summed E-state index contributed by atoms with van der Waals surface area (Å²) in [4.78, 5) is 13.8. The number of hydrogen-bond donors (Lipinski definition) is 1. The van der Waals surface area contributed by atoms with E-state index >= 15 is 0 Å². The molecule has 7 heteroatoms. The summed E-state index contributed by atoms with van der Waals surface area (Å²) in [7, 11) is -3.79. The van der Waals surface area contributed by atoms with Crippen molar-refractivity contribution in [1.29, 1.82) is 0 Å². The van der Waals surface area contributed by atoms with Gasteiger partial charge in [0.2, 0.25) is 0 Å². The number of para-hydroxylation sites is 1. The van der Waals surface area contributed by atoms with Crippen LogP contribution in [0.4, 0.5) is 11.4 Å². The lowest BCUT2D eigenvalue weighted by molar-refractivity contribution is 0.102. The Labute approximate surface area is 175 Å². The van der Waals surface area contributed by atoms with Crippen molar-refractivity contribution < 1.29 is 13.2 Å².